The van der Waals surface area contributed by atoms with Crippen LogP contribution in [-0.2, 0) is 5.60 Å². The molecule has 0 fully saturated rings. The van der Waals surface area contributed by atoms with Crippen LogP contribution in [0, 0.1) is 11.6 Å². The molecule has 0 saturated carbocycles. The fourth-order valence-corrected chi connectivity index (χ4v) is 5.29. The minimum Gasteiger partial charge on any atom is -0.481 e. The summed E-state index contributed by atoms with van der Waals surface area (Å²) in [7, 11) is 5.30. The number of fused-ring (bicyclic) bond motifs is 1. The van der Waals surface area contributed by atoms with Crippen molar-refractivity contribution in [3.63, 3.8) is 0 Å². The zero-order valence-electron chi connectivity index (χ0n) is 22.7. The molecule has 1 N–H and O–H groups in total. The second-order valence-electron chi connectivity index (χ2n) is 10.2. The maximum absolute atomic E-state index is 15.5. The first kappa shape index (κ1) is 27.4. The van der Waals surface area contributed by atoms with Crippen LogP contribution in [0.25, 0.3) is 22.0 Å². The van der Waals surface area contributed by atoms with Crippen molar-refractivity contribution in [2.45, 2.75) is 17.9 Å². The molecule has 5 rings (SSSR count). The van der Waals surface area contributed by atoms with Gasteiger partial charge in [0.2, 0.25) is 5.88 Å². The van der Waals surface area contributed by atoms with E-state index in [1.165, 1.54) is 19.2 Å². The van der Waals surface area contributed by atoms with Crippen LogP contribution in [0.3, 0.4) is 0 Å². The fourth-order valence-electron chi connectivity index (χ4n) is 5.29. The van der Waals surface area contributed by atoms with E-state index in [-0.39, 0.29) is 12.0 Å². The van der Waals surface area contributed by atoms with Crippen molar-refractivity contribution in [2.75, 3.05) is 27.7 Å². The van der Waals surface area contributed by atoms with Crippen molar-refractivity contribution < 1.29 is 18.6 Å². The Kier molecular flexibility index (Phi) is 7.87. The van der Waals surface area contributed by atoms with E-state index >= 15 is 4.39 Å². The molecule has 2 aromatic heterocycles. The first-order chi connectivity index (χ1) is 19.3. The van der Waals surface area contributed by atoms with Crippen LogP contribution in [0.4, 0.5) is 8.78 Å². The van der Waals surface area contributed by atoms with Gasteiger partial charge in [-0.05, 0) is 62.0 Å². The Labute approximate surface area is 232 Å². The average molecular weight is 540 g/mol. The predicted molar refractivity (Wildman–Crippen MR) is 153 cm³/mol. The van der Waals surface area contributed by atoms with Gasteiger partial charge in [0.05, 0.1) is 12.6 Å². The SMILES string of the molecule is COc1nc2ccc(-c3cccnc3)cc2cc1C(c1ccccc1)C(O)(CCN(C)C)c1ccc(F)cc1F. The molecule has 0 spiro atoms. The highest BCUT2D eigenvalue weighted by atomic mass is 19.1. The molecule has 2 atom stereocenters. The molecular formula is C33H31F2N3O2. The third kappa shape index (κ3) is 5.43. The van der Waals surface area contributed by atoms with E-state index in [0.29, 0.717) is 23.5 Å². The van der Waals surface area contributed by atoms with Crippen molar-refractivity contribution in [3.05, 3.63) is 126 Å². The highest BCUT2D eigenvalue weighted by Crippen LogP contribution is 2.48. The second-order valence-corrected chi connectivity index (χ2v) is 10.2. The quantitative estimate of drug-likeness (QED) is 0.230. The van der Waals surface area contributed by atoms with Crippen LogP contribution in [0.2, 0.25) is 0 Å². The number of hydrogen-bond donors (Lipinski definition) is 1. The third-order valence-electron chi connectivity index (χ3n) is 7.25. The summed E-state index contributed by atoms with van der Waals surface area (Å²) in [5.41, 5.74) is 2.21. The van der Waals surface area contributed by atoms with Crippen LogP contribution < -0.4 is 4.74 Å². The highest BCUT2D eigenvalue weighted by Gasteiger charge is 2.44. The third-order valence-corrected chi connectivity index (χ3v) is 7.25. The van der Waals surface area contributed by atoms with Crippen LogP contribution in [0.15, 0.2) is 97.3 Å². The fraction of sp³-hybridized carbons (Fsp3) is 0.212. The summed E-state index contributed by atoms with van der Waals surface area (Å²) in [6.07, 6.45) is 3.69. The monoisotopic (exact) mass is 539 g/mol. The molecule has 204 valence electrons. The topological polar surface area (TPSA) is 58.5 Å². The number of ether oxygens (including phenoxy) is 1. The van der Waals surface area contributed by atoms with E-state index in [9.17, 15) is 9.50 Å². The van der Waals surface area contributed by atoms with E-state index in [4.69, 9.17) is 9.72 Å². The number of aliphatic hydroxyl groups is 1. The second kappa shape index (κ2) is 11.5. The van der Waals surface area contributed by atoms with Gasteiger partial charge in [-0.15, -0.1) is 0 Å². The van der Waals surface area contributed by atoms with Crippen LogP contribution in [-0.4, -0.2) is 47.7 Å². The number of aromatic nitrogens is 2. The van der Waals surface area contributed by atoms with E-state index in [0.717, 1.165) is 28.1 Å². The van der Waals surface area contributed by atoms with Gasteiger partial charge in [0.25, 0.3) is 0 Å². The molecule has 0 radical (unpaired) electrons. The Morgan fingerprint density at radius 3 is 2.40 bits per heavy atom. The van der Waals surface area contributed by atoms with Gasteiger partial charge >= 0.3 is 0 Å². The lowest BCUT2D eigenvalue weighted by molar-refractivity contribution is 0.000559. The van der Waals surface area contributed by atoms with Gasteiger partial charge in [0.15, 0.2) is 0 Å². The summed E-state index contributed by atoms with van der Waals surface area (Å²) in [4.78, 5) is 11.0. The van der Waals surface area contributed by atoms with E-state index in [2.05, 4.69) is 4.98 Å². The van der Waals surface area contributed by atoms with Crippen molar-refractivity contribution in [2.24, 2.45) is 0 Å². The molecule has 5 aromatic rings. The minimum atomic E-state index is -1.77. The first-order valence-electron chi connectivity index (χ1n) is 13.1. The molecule has 5 nitrogen and oxygen atoms in total. The highest BCUT2D eigenvalue weighted by molar-refractivity contribution is 5.86. The van der Waals surface area contributed by atoms with Gasteiger partial charge < -0.3 is 14.7 Å². The van der Waals surface area contributed by atoms with Gasteiger partial charge in [-0.2, -0.15) is 0 Å². The van der Waals surface area contributed by atoms with Crippen molar-refractivity contribution >= 4 is 10.9 Å². The summed E-state index contributed by atoms with van der Waals surface area (Å²) < 4.78 is 35.3. The largest absolute Gasteiger partial charge is 0.481 e. The predicted octanol–water partition coefficient (Wildman–Crippen LogP) is 6.56. The zero-order chi connectivity index (χ0) is 28.3. The molecule has 0 aliphatic heterocycles. The maximum atomic E-state index is 15.5. The zero-order valence-corrected chi connectivity index (χ0v) is 22.7. The summed E-state index contributed by atoms with van der Waals surface area (Å²) >= 11 is 0. The van der Waals surface area contributed by atoms with Crippen LogP contribution in [0.5, 0.6) is 5.88 Å². The van der Waals surface area contributed by atoms with Gasteiger partial charge in [0.1, 0.15) is 17.2 Å². The normalized spacial score (nSPS) is 13.8. The Hall–Kier alpha value is -4.20. The number of halogens is 2. The summed E-state index contributed by atoms with van der Waals surface area (Å²) in [5.74, 6) is -1.99. The van der Waals surface area contributed by atoms with Crippen molar-refractivity contribution in [1.29, 1.82) is 0 Å². The number of methoxy groups -OCH3 is 1. The summed E-state index contributed by atoms with van der Waals surface area (Å²) in [6, 6.07) is 24.4. The molecule has 0 saturated heterocycles. The lowest BCUT2D eigenvalue weighted by Crippen LogP contribution is -2.38. The van der Waals surface area contributed by atoms with Gasteiger partial charge in [-0.1, -0.05) is 48.5 Å². The maximum Gasteiger partial charge on any atom is 0.217 e. The van der Waals surface area contributed by atoms with Gasteiger partial charge in [0, 0.05) is 53.0 Å². The molecule has 2 unspecified atom stereocenters. The standard InChI is InChI=1S/C33H31F2N3O2/c1-38(2)17-15-33(39,28-13-12-26(34)20-29(28)35)31(22-8-5-4-6-9-22)27-19-25-18-23(24-10-7-16-36-21-24)11-14-30(25)37-32(27)40-3/h4-14,16,18-21,31,39H,15,17H2,1-3H3. The number of pyridine rings is 2. The molecule has 0 aliphatic carbocycles. The minimum absolute atomic E-state index is 0.0101. The van der Waals surface area contributed by atoms with Gasteiger partial charge in [-0.25, -0.2) is 13.8 Å². The molecule has 7 heteroatoms. The molecule has 2 heterocycles. The van der Waals surface area contributed by atoms with Gasteiger partial charge in [-0.3, -0.25) is 4.98 Å². The van der Waals surface area contributed by atoms with E-state index in [1.54, 1.807) is 12.4 Å². The summed E-state index contributed by atoms with van der Waals surface area (Å²) in [5, 5.41) is 13.4. The van der Waals surface area contributed by atoms with Crippen molar-refractivity contribution in [1.82, 2.24) is 14.9 Å². The molecule has 40 heavy (non-hydrogen) atoms. The average Bonchev–Trinajstić information content (AvgIpc) is 2.96. The van der Waals surface area contributed by atoms with Crippen LogP contribution in [0.1, 0.15) is 29.0 Å². The van der Waals surface area contributed by atoms with Crippen molar-refractivity contribution in [3.8, 4) is 17.0 Å². The number of nitrogens with zero attached hydrogens (tertiary/aromatic N) is 3. The molecule has 0 aliphatic rings. The Morgan fingerprint density at radius 2 is 1.73 bits per heavy atom. The Bertz CT molecular complexity index is 1610. The number of hydrogen-bond acceptors (Lipinski definition) is 5. The van der Waals surface area contributed by atoms with E-state index in [1.807, 2.05) is 85.7 Å². The lowest BCUT2D eigenvalue weighted by Gasteiger charge is -2.39. The Morgan fingerprint density at radius 1 is 0.925 bits per heavy atom. The molecule has 3 aromatic carbocycles. The first-order valence-corrected chi connectivity index (χ1v) is 13.1. The van der Waals surface area contributed by atoms with Crippen LogP contribution >= 0.6 is 0 Å². The lowest BCUT2D eigenvalue weighted by atomic mass is 9.71. The molecule has 0 amide bonds. The number of rotatable bonds is 9. The van der Waals surface area contributed by atoms with E-state index < -0.39 is 23.2 Å². The smallest absolute Gasteiger partial charge is 0.217 e. The molecular weight excluding hydrogens is 508 g/mol. The Balaban J connectivity index is 1.78. The summed E-state index contributed by atoms with van der Waals surface area (Å²) in [6.45, 7) is 0.450. The number of benzene rings is 3. The molecule has 0 bridgehead atoms.